The number of amides is 1. The standard InChI is InChI=1S/C20H12F3N3O3/c21-20(22,23)17-14(11-5-7-12(8-6-11)18(27)26-28)9-15-19(25-17)29-16-4-2-1-3-13(16)10-24-15/h1-10,28H,(H,26,27). The number of para-hydroxylation sites is 1. The highest BCUT2D eigenvalue weighted by atomic mass is 19.4. The molecule has 0 radical (unpaired) electrons. The topological polar surface area (TPSA) is 83.8 Å². The van der Waals surface area contributed by atoms with Crippen LogP contribution in [0.5, 0.6) is 11.6 Å². The third kappa shape index (κ3) is 3.55. The van der Waals surface area contributed by atoms with Crippen LogP contribution in [0.1, 0.15) is 21.6 Å². The van der Waals surface area contributed by atoms with Crippen LogP contribution in [0.15, 0.2) is 59.6 Å². The van der Waals surface area contributed by atoms with Crippen LogP contribution in [0.25, 0.3) is 11.1 Å². The molecule has 1 amide bonds. The molecule has 0 saturated carbocycles. The Balaban J connectivity index is 1.85. The van der Waals surface area contributed by atoms with E-state index in [0.717, 1.165) is 0 Å². The number of alkyl halides is 3. The second kappa shape index (κ2) is 7.02. The third-order valence-corrected chi connectivity index (χ3v) is 4.27. The molecule has 29 heavy (non-hydrogen) atoms. The zero-order chi connectivity index (χ0) is 20.6. The Kier molecular flexibility index (Phi) is 4.51. The zero-order valence-electron chi connectivity index (χ0n) is 14.6. The van der Waals surface area contributed by atoms with Crippen molar-refractivity contribution in [3.8, 4) is 22.8 Å². The SMILES string of the molecule is O=C(NO)c1ccc(-c2cc3c(nc2C(F)(F)F)Oc2ccccc2C=N3)cc1. The number of hydrogen-bond donors (Lipinski definition) is 2. The van der Waals surface area contributed by atoms with Crippen LogP contribution in [0, 0.1) is 0 Å². The van der Waals surface area contributed by atoms with Crippen LogP contribution in [0.2, 0.25) is 0 Å². The number of aliphatic imine (C=N–C) groups is 1. The Morgan fingerprint density at radius 1 is 1.07 bits per heavy atom. The van der Waals surface area contributed by atoms with E-state index in [1.165, 1.54) is 42.0 Å². The van der Waals surface area contributed by atoms with Crippen molar-refractivity contribution in [3.05, 3.63) is 71.4 Å². The van der Waals surface area contributed by atoms with E-state index in [2.05, 4.69) is 9.98 Å². The predicted molar refractivity (Wildman–Crippen MR) is 97.7 cm³/mol. The van der Waals surface area contributed by atoms with Gasteiger partial charge in [0.1, 0.15) is 11.4 Å². The van der Waals surface area contributed by atoms with Crippen molar-refractivity contribution in [3.63, 3.8) is 0 Å². The molecule has 0 fully saturated rings. The largest absolute Gasteiger partial charge is 0.436 e. The highest BCUT2D eigenvalue weighted by Gasteiger charge is 2.37. The van der Waals surface area contributed by atoms with Gasteiger partial charge in [-0.2, -0.15) is 13.2 Å². The van der Waals surface area contributed by atoms with Crippen molar-refractivity contribution in [1.29, 1.82) is 0 Å². The smallest absolute Gasteiger partial charge is 0.434 e. The van der Waals surface area contributed by atoms with E-state index in [9.17, 15) is 18.0 Å². The van der Waals surface area contributed by atoms with Crippen molar-refractivity contribution < 1.29 is 27.9 Å². The summed E-state index contributed by atoms with van der Waals surface area (Å²) in [7, 11) is 0. The molecule has 9 heteroatoms. The molecule has 146 valence electrons. The Morgan fingerprint density at radius 2 is 1.79 bits per heavy atom. The Morgan fingerprint density at radius 3 is 2.48 bits per heavy atom. The summed E-state index contributed by atoms with van der Waals surface area (Å²) < 4.78 is 46.7. The van der Waals surface area contributed by atoms with Gasteiger partial charge in [0, 0.05) is 22.9 Å². The third-order valence-electron chi connectivity index (χ3n) is 4.27. The maximum atomic E-state index is 13.7. The maximum Gasteiger partial charge on any atom is 0.434 e. The minimum atomic E-state index is -4.75. The zero-order valence-corrected chi connectivity index (χ0v) is 14.6. The summed E-state index contributed by atoms with van der Waals surface area (Å²) in [5, 5.41) is 8.67. The van der Waals surface area contributed by atoms with Gasteiger partial charge in [0.25, 0.3) is 5.91 Å². The second-order valence-electron chi connectivity index (χ2n) is 6.12. The lowest BCUT2D eigenvalue weighted by molar-refractivity contribution is -0.140. The van der Waals surface area contributed by atoms with Crippen LogP contribution in [-0.2, 0) is 6.18 Å². The van der Waals surface area contributed by atoms with Gasteiger partial charge in [0.05, 0.1) is 0 Å². The number of rotatable bonds is 2. The van der Waals surface area contributed by atoms with Gasteiger partial charge in [-0.1, -0.05) is 24.3 Å². The molecule has 0 bridgehead atoms. The van der Waals surface area contributed by atoms with Crippen LogP contribution < -0.4 is 10.2 Å². The fourth-order valence-electron chi connectivity index (χ4n) is 2.88. The van der Waals surface area contributed by atoms with Gasteiger partial charge in [-0.15, -0.1) is 0 Å². The molecule has 1 aromatic heterocycles. The van der Waals surface area contributed by atoms with Crippen LogP contribution in [0.4, 0.5) is 18.9 Å². The summed E-state index contributed by atoms with van der Waals surface area (Å²) in [4.78, 5) is 19.4. The summed E-state index contributed by atoms with van der Waals surface area (Å²) in [5.41, 5.74) is 1.14. The lowest BCUT2D eigenvalue weighted by Gasteiger charge is -2.15. The van der Waals surface area contributed by atoms with Crippen molar-refractivity contribution >= 4 is 17.8 Å². The van der Waals surface area contributed by atoms with E-state index in [0.29, 0.717) is 11.3 Å². The molecule has 2 N–H and O–H groups in total. The minimum Gasteiger partial charge on any atom is -0.436 e. The molecular weight excluding hydrogens is 387 g/mol. The van der Waals surface area contributed by atoms with Gasteiger partial charge in [-0.05, 0) is 35.9 Å². The average molecular weight is 399 g/mol. The van der Waals surface area contributed by atoms with E-state index in [4.69, 9.17) is 9.94 Å². The summed E-state index contributed by atoms with van der Waals surface area (Å²) in [6.45, 7) is 0. The second-order valence-corrected chi connectivity index (χ2v) is 6.12. The Hall–Kier alpha value is -3.72. The molecule has 4 rings (SSSR count). The first-order valence-corrected chi connectivity index (χ1v) is 8.35. The molecule has 1 aliphatic heterocycles. The minimum absolute atomic E-state index is 0.0873. The van der Waals surface area contributed by atoms with Gasteiger partial charge < -0.3 is 4.74 Å². The number of benzene rings is 2. The summed E-state index contributed by atoms with van der Waals surface area (Å²) in [5.74, 6) is -0.676. The van der Waals surface area contributed by atoms with E-state index >= 15 is 0 Å². The first-order chi connectivity index (χ1) is 13.9. The molecule has 3 aromatic rings. The van der Waals surface area contributed by atoms with Gasteiger partial charge >= 0.3 is 6.18 Å². The van der Waals surface area contributed by atoms with E-state index in [1.54, 1.807) is 24.3 Å². The quantitative estimate of drug-likeness (QED) is 0.377. The normalized spacial score (nSPS) is 12.4. The molecule has 0 spiro atoms. The first-order valence-electron chi connectivity index (χ1n) is 8.35. The van der Waals surface area contributed by atoms with Gasteiger partial charge in [0.2, 0.25) is 5.88 Å². The number of hydroxylamine groups is 1. The monoisotopic (exact) mass is 399 g/mol. The van der Waals surface area contributed by atoms with Crippen molar-refractivity contribution in [2.45, 2.75) is 6.18 Å². The highest BCUT2D eigenvalue weighted by molar-refractivity contribution is 5.94. The fourth-order valence-corrected chi connectivity index (χ4v) is 2.88. The Labute approximate surface area is 162 Å². The molecule has 0 unspecified atom stereocenters. The maximum absolute atomic E-state index is 13.7. The first kappa shape index (κ1) is 18.6. The summed E-state index contributed by atoms with van der Waals surface area (Å²) >= 11 is 0. The molecule has 0 saturated heterocycles. The van der Waals surface area contributed by atoms with E-state index in [-0.39, 0.29) is 28.3 Å². The summed E-state index contributed by atoms with van der Waals surface area (Å²) in [6.07, 6.45) is -3.25. The number of nitrogens with one attached hydrogen (secondary N) is 1. The van der Waals surface area contributed by atoms with Crippen molar-refractivity contribution in [1.82, 2.24) is 10.5 Å². The molecule has 0 atom stereocenters. The lowest BCUT2D eigenvalue weighted by atomic mass is 10.0. The number of carbonyl (C=O) groups is 1. The molecule has 2 aromatic carbocycles. The fraction of sp³-hybridized carbons (Fsp3) is 0.0500. The highest BCUT2D eigenvalue weighted by Crippen LogP contribution is 2.43. The van der Waals surface area contributed by atoms with Crippen molar-refractivity contribution in [2.75, 3.05) is 0 Å². The number of pyridine rings is 1. The van der Waals surface area contributed by atoms with Crippen LogP contribution >= 0.6 is 0 Å². The molecule has 6 nitrogen and oxygen atoms in total. The lowest BCUT2D eigenvalue weighted by Crippen LogP contribution is -2.18. The van der Waals surface area contributed by atoms with Gasteiger partial charge in [-0.25, -0.2) is 10.5 Å². The van der Waals surface area contributed by atoms with E-state index < -0.39 is 17.8 Å². The van der Waals surface area contributed by atoms with Gasteiger partial charge in [0.15, 0.2) is 5.69 Å². The molecule has 2 heterocycles. The number of carbonyl (C=O) groups excluding carboxylic acids is 1. The number of halogens is 3. The predicted octanol–water partition coefficient (Wildman–Crippen LogP) is 4.74. The van der Waals surface area contributed by atoms with Crippen LogP contribution in [-0.4, -0.2) is 22.3 Å². The average Bonchev–Trinajstić information content (AvgIpc) is 2.90. The number of hydrogen-bond acceptors (Lipinski definition) is 5. The Bertz CT molecular complexity index is 1130. The number of fused-ring (bicyclic) bond motifs is 2. The molecule has 0 aliphatic carbocycles. The van der Waals surface area contributed by atoms with Gasteiger partial charge in [-0.3, -0.25) is 15.0 Å². The summed E-state index contributed by atoms with van der Waals surface area (Å²) in [6, 6.07) is 13.3. The molecular formula is C20H12F3N3O3. The number of aromatic nitrogens is 1. The van der Waals surface area contributed by atoms with Crippen molar-refractivity contribution in [2.24, 2.45) is 4.99 Å². The number of ether oxygens (including phenoxy) is 1. The van der Waals surface area contributed by atoms with Crippen LogP contribution in [0.3, 0.4) is 0 Å². The van der Waals surface area contributed by atoms with E-state index in [1.807, 2.05) is 0 Å². The molecule has 1 aliphatic rings. The number of nitrogens with zero attached hydrogens (tertiary/aromatic N) is 2.